The van der Waals surface area contributed by atoms with Crippen molar-refractivity contribution in [3.05, 3.63) is 35.4 Å². The van der Waals surface area contributed by atoms with E-state index in [1.165, 1.54) is 11.1 Å². The van der Waals surface area contributed by atoms with E-state index in [-0.39, 0.29) is 17.4 Å². The van der Waals surface area contributed by atoms with Gasteiger partial charge in [0.05, 0.1) is 11.9 Å². The molecule has 0 aromatic heterocycles. The van der Waals surface area contributed by atoms with E-state index < -0.39 is 0 Å². The highest BCUT2D eigenvalue weighted by molar-refractivity contribution is 7.99. The monoisotopic (exact) mass is 309 g/mol. The van der Waals surface area contributed by atoms with Crippen LogP contribution in [0.4, 0.5) is 0 Å². The van der Waals surface area contributed by atoms with Crippen LogP contribution in [0, 0.1) is 12.3 Å². The minimum absolute atomic E-state index is 0.0609. The summed E-state index contributed by atoms with van der Waals surface area (Å²) in [6.07, 6.45) is 0.344. The SMILES string of the molecule is Cc1ccc(CSCC(=O)NCC(C)(C)C[C@H](C)O)cc1. The molecule has 2 N–H and O–H groups in total. The van der Waals surface area contributed by atoms with E-state index in [4.69, 9.17) is 0 Å². The molecule has 0 aliphatic carbocycles. The zero-order chi connectivity index (χ0) is 15.9. The average Bonchev–Trinajstić information content (AvgIpc) is 2.37. The Morgan fingerprint density at radius 3 is 2.52 bits per heavy atom. The summed E-state index contributed by atoms with van der Waals surface area (Å²) in [4.78, 5) is 11.8. The van der Waals surface area contributed by atoms with Gasteiger partial charge < -0.3 is 10.4 Å². The summed E-state index contributed by atoms with van der Waals surface area (Å²) >= 11 is 1.62. The summed E-state index contributed by atoms with van der Waals surface area (Å²) in [6, 6.07) is 8.39. The lowest BCUT2D eigenvalue weighted by atomic mass is 9.87. The van der Waals surface area contributed by atoms with E-state index in [0.717, 1.165) is 5.75 Å². The largest absolute Gasteiger partial charge is 0.393 e. The van der Waals surface area contributed by atoms with E-state index in [2.05, 4.69) is 50.4 Å². The maximum atomic E-state index is 11.8. The molecule has 118 valence electrons. The van der Waals surface area contributed by atoms with Gasteiger partial charge in [-0.05, 0) is 31.2 Å². The van der Waals surface area contributed by atoms with Crippen LogP contribution in [0.2, 0.25) is 0 Å². The Morgan fingerprint density at radius 1 is 1.33 bits per heavy atom. The Bertz CT molecular complexity index is 441. The fourth-order valence-electron chi connectivity index (χ4n) is 2.21. The number of aryl methyl sites for hydroxylation is 1. The second-order valence-corrected chi connectivity index (χ2v) is 7.46. The van der Waals surface area contributed by atoms with Crippen molar-refractivity contribution in [3.63, 3.8) is 0 Å². The number of carbonyl (C=O) groups excluding carboxylic acids is 1. The van der Waals surface area contributed by atoms with Gasteiger partial charge in [-0.3, -0.25) is 4.79 Å². The minimum atomic E-state index is -0.340. The highest BCUT2D eigenvalue weighted by atomic mass is 32.2. The van der Waals surface area contributed by atoms with Crippen LogP contribution < -0.4 is 5.32 Å². The van der Waals surface area contributed by atoms with Gasteiger partial charge in [-0.2, -0.15) is 0 Å². The quantitative estimate of drug-likeness (QED) is 0.775. The second kappa shape index (κ2) is 8.44. The molecule has 0 aliphatic rings. The zero-order valence-electron chi connectivity index (χ0n) is 13.5. The lowest BCUT2D eigenvalue weighted by molar-refractivity contribution is -0.119. The standard InChI is InChI=1S/C17H27NO2S/c1-13-5-7-15(8-6-13)10-21-11-16(20)18-12-17(3,4)9-14(2)19/h5-8,14,19H,9-12H2,1-4H3,(H,18,20)/t14-/m0/s1. The smallest absolute Gasteiger partial charge is 0.230 e. The third-order valence-corrected chi connectivity index (χ3v) is 4.24. The Labute approximate surface area is 132 Å². The summed E-state index contributed by atoms with van der Waals surface area (Å²) in [7, 11) is 0. The summed E-state index contributed by atoms with van der Waals surface area (Å²) in [5, 5.41) is 12.4. The van der Waals surface area contributed by atoms with Crippen molar-refractivity contribution in [1.82, 2.24) is 5.32 Å². The number of nitrogens with one attached hydrogen (secondary N) is 1. The number of thioether (sulfide) groups is 1. The molecule has 21 heavy (non-hydrogen) atoms. The molecule has 1 aromatic rings. The maximum Gasteiger partial charge on any atom is 0.230 e. The van der Waals surface area contributed by atoms with Crippen LogP contribution in [-0.2, 0) is 10.5 Å². The highest BCUT2D eigenvalue weighted by Crippen LogP contribution is 2.21. The second-order valence-electron chi connectivity index (χ2n) is 6.47. The molecular weight excluding hydrogens is 282 g/mol. The molecule has 1 rings (SSSR count). The van der Waals surface area contributed by atoms with Gasteiger partial charge in [0.15, 0.2) is 0 Å². The van der Waals surface area contributed by atoms with Crippen LogP contribution in [0.1, 0.15) is 38.3 Å². The molecule has 0 fully saturated rings. The Hall–Kier alpha value is -1.00. The molecule has 0 bridgehead atoms. The van der Waals surface area contributed by atoms with Crippen molar-refractivity contribution < 1.29 is 9.90 Å². The van der Waals surface area contributed by atoms with Crippen LogP contribution in [0.3, 0.4) is 0 Å². The molecule has 1 aromatic carbocycles. The predicted octanol–water partition coefficient (Wildman–Crippen LogP) is 3.14. The highest BCUT2D eigenvalue weighted by Gasteiger charge is 2.20. The van der Waals surface area contributed by atoms with Crippen LogP contribution in [0.25, 0.3) is 0 Å². The first kappa shape index (κ1) is 18.1. The van der Waals surface area contributed by atoms with Gasteiger partial charge in [-0.15, -0.1) is 11.8 Å². The number of carbonyl (C=O) groups is 1. The first-order chi connectivity index (χ1) is 9.78. The minimum Gasteiger partial charge on any atom is -0.393 e. The van der Waals surface area contributed by atoms with Crippen LogP contribution >= 0.6 is 11.8 Å². The number of aliphatic hydroxyl groups excluding tert-OH is 1. The topological polar surface area (TPSA) is 49.3 Å². The lowest BCUT2D eigenvalue weighted by Crippen LogP contribution is -2.36. The van der Waals surface area contributed by atoms with Gasteiger partial charge in [0.25, 0.3) is 0 Å². The lowest BCUT2D eigenvalue weighted by Gasteiger charge is -2.26. The number of benzene rings is 1. The molecule has 0 aliphatic heterocycles. The van der Waals surface area contributed by atoms with Crippen LogP contribution in [-0.4, -0.2) is 29.4 Å². The van der Waals surface area contributed by atoms with Gasteiger partial charge in [0.2, 0.25) is 5.91 Å². The third-order valence-electron chi connectivity index (χ3n) is 3.23. The van der Waals surface area contributed by atoms with Gasteiger partial charge in [0, 0.05) is 12.3 Å². The van der Waals surface area contributed by atoms with E-state index in [0.29, 0.717) is 18.7 Å². The van der Waals surface area contributed by atoms with Gasteiger partial charge >= 0.3 is 0 Å². The van der Waals surface area contributed by atoms with E-state index in [1.807, 2.05) is 0 Å². The van der Waals surface area contributed by atoms with Crippen molar-refractivity contribution in [1.29, 1.82) is 0 Å². The molecule has 0 heterocycles. The Morgan fingerprint density at radius 2 is 1.95 bits per heavy atom. The molecule has 0 unspecified atom stereocenters. The van der Waals surface area contributed by atoms with Crippen molar-refractivity contribution in [2.24, 2.45) is 5.41 Å². The first-order valence-electron chi connectivity index (χ1n) is 7.36. The normalized spacial score (nSPS) is 13.0. The summed E-state index contributed by atoms with van der Waals surface area (Å²) < 4.78 is 0. The fourth-order valence-corrected chi connectivity index (χ4v) is 3.02. The maximum absolute atomic E-state index is 11.8. The number of hydrogen-bond acceptors (Lipinski definition) is 3. The predicted molar refractivity (Wildman–Crippen MR) is 90.4 cm³/mol. The molecule has 4 heteroatoms. The number of hydrogen-bond donors (Lipinski definition) is 2. The Balaban J connectivity index is 2.23. The molecule has 1 atom stereocenters. The van der Waals surface area contributed by atoms with E-state index in [9.17, 15) is 9.90 Å². The molecule has 3 nitrogen and oxygen atoms in total. The van der Waals surface area contributed by atoms with Crippen LogP contribution in [0.15, 0.2) is 24.3 Å². The molecule has 0 saturated heterocycles. The molecule has 0 spiro atoms. The fraction of sp³-hybridized carbons (Fsp3) is 0.588. The van der Waals surface area contributed by atoms with E-state index in [1.54, 1.807) is 18.7 Å². The van der Waals surface area contributed by atoms with E-state index >= 15 is 0 Å². The summed E-state index contributed by atoms with van der Waals surface area (Å²) in [6.45, 7) is 8.56. The van der Waals surface area contributed by atoms with Crippen molar-refractivity contribution >= 4 is 17.7 Å². The molecular formula is C17H27NO2S. The first-order valence-corrected chi connectivity index (χ1v) is 8.52. The van der Waals surface area contributed by atoms with Crippen LogP contribution in [0.5, 0.6) is 0 Å². The third kappa shape index (κ3) is 8.12. The van der Waals surface area contributed by atoms with Crippen molar-refractivity contribution in [3.8, 4) is 0 Å². The number of aliphatic hydroxyl groups is 1. The van der Waals surface area contributed by atoms with Crippen molar-refractivity contribution in [2.45, 2.75) is 46.0 Å². The van der Waals surface area contributed by atoms with Gasteiger partial charge in [-0.1, -0.05) is 43.7 Å². The van der Waals surface area contributed by atoms with Crippen molar-refractivity contribution in [2.75, 3.05) is 12.3 Å². The number of rotatable bonds is 8. The zero-order valence-corrected chi connectivity index (χ0v) is 14.3. The summed E-state index contributed by atoms with van der Waals surface area (Å²) in [5.41, 5.74) is 2.42. The molecule has 1 amide bonds. The molecule has 0 radical (unpaired) electrons. The molecule has 0 saturated carbocycles. The summed E-state index contributed by atoms with van der Waals surface area (Å²) in [5.74, 6) is 1.38. The Kier molecular flexibility index (Phi) is 7.26. The number of amides is 1. The van der Waals surface area contributed by atoms with Gasteiger partial charge in [-0.25, -0.2) is 0 Å². The average molecular weight is 309 g/mol. The van der Waals surface area contributed by atoms with Gasteiger partial charge in [0.1, 0.15) is 0 Å².